The highest BCUT2D eigenvalue weighted by molar-refractivity contribution is 8.16. The minimum Gasteiger partial charge on any atom is -0.484 e. The minimum atomic E-state index is -0.271. The first-order valence-corrected chi connectivity index (χ1v) is 11.4. The average molecular weight is 433 g/mol. The Kier molecular flexibility index (Phi) is 8.27. The van der Waals surface area contributed by atoms with Gasteiger partial charge in [-0.1, -0.05) is 18.2 Å². The molecule has 1 aliphatic rings. The van der Waals surface area contributed by atoms with E-state index in [1.54, 1.807) is 24.3 Å². The Labute approximate surface area is 179 Å². The zero-order valence-corrected chi connectivity index (χ0v) is 17.8. The van der Waals surface area contributed by atoms with Gasteiger partial charge in [0.2, 0.25) is 5.91 Å². The first-order valence-electron chi connectivity index (χ1n) is 9.29. The summed E-state index contributed by atoms with van der Waals surface area (Å²) in [4.78, 5) is 23.8. The quantitative estimate of drug-likeness (QED) is 0.652. The molecule has 0 saturated carbocycles. The molecule has 1 fully saturated rings. The number of hydrogen-bond acceptors (Lipinski definition) is 6. The number of hydrogen-bond donors (Lipinski definition) is 2. The second-order valence-corrected chi connectivity index (χ2v) is 9.12. The van der Waals surface area contributed by atoms with Gasteiger partial charge in [-0.15, -0.1) is 23.5 Å². The van der Waals surface area contributed by atoms with Gasteiger partial charge in [0, 0.05) is 18.5 Å². The summed E-state index contributed by atoms with van der Waals surface area (Å²) >= 11 is 3.95. The predicted molar refractivity (Wildman–Crippen MR) is 120 cm³/mol. The van der Waals surface area contributed by atoms with Crippen LogP contribution < -0.4 is 15.4 Å². The Balaban J connectivity index is 1.47. The zero-order valence-electron chi connectivity index (χ0n) is 16.2. The fraction of sp³-hybridized carbons (Fsp3) is 0.333. The predicted octanol–water partition coefficient (Wildman–Crippen LogP) is 4.16. The van der Waals surface area contributed by atoms with Crippen molar-refractivity contribution in [1.29, 1.82) is 0 Å². The van der Waals surface area contributed by atoms with Crippen molar-refractivity contribution in [2.75, 3.05) is 42.5 Å². The topological polar surface area (TPSA) is 76.7 Å². The van der Waals surface area contributed by atoms with E-state index in [1.165, 1.54) is 30.6 Å². The van der Waals surface area contributed by atoms with Crippen molar-refractivity contribution in [3.05, 3.63) is 54.1 Å². The van der Waals surface area contributed by atoms with Gasteiger partial charge >= 0.3 is 0 Å². The minimum absolute atomic E-state index is 0.0265. The SMILES string of the molecule is COCC(=O)Nc1cccc(NC(=O)COc2ccc(C3SCCCS3)cc2)c1. The Morgan fingerprint density at radius 3 is 2.21 bits per heavy atom. The molecule has 1 aliphatic heterocycles. The molecule has 29 heavy (non-hydrogen) atoms. The summed E-state index contributed by atoms with van der Waals surface area (Å²) in [6.45, 7) is -0.117. The van der Waals surface area contributed by atoms with E-state index >= 15 is 0 Å². The van der Waals surface area contributed by atoms with E-state index in [0.29, 0.717) is 21.7 Å². The monoisotopic (exact) mass is 432 g/mol. The number of methoxy groups -OCH3 is 1. The summed E-state index contributed by atoms with van der Waals surface area (Å²) in [5, 5.41) is 5.46. The molecular weight excluding hydrogens is 408 g/mol. The van der Waals surface area contributed by atoms with E-state index < -0.39 is 0 Å². The standard InChI is InChI=1S/C21H24N2O4S2/c1-26-13-19(24)22-16-4-2-5-17(12-16)23-20(25)14-27-18-8-6-15(7-9-18)21-28-10-3-11-29-21/h2,4-9,12,21H,3,10-11,13-14H2,1H3,(H,22,24)(H,23,25). The lowest BCUT2D eigenvalue weighted by molar-refractivity contribution is -0.119. The molecule has 0 atom stereocenters. The van der Waals surface area contributed by atoms with E-state index in [4.69, 9.17) is 9.47 Å². The van der Waals surface area contributed by atoms with Gasteiger partial charge in [-0.25, -0.2) is 0 Å². The lowest BCUT2D eigenvalue weighted by Gasteiger charge is -2.21. The van der Waals surface area contributed by atoms with Crippen molar-refractivity contribution >= 4 is 46.7 Å². The molecule has 0 spiro atoms. The Bertz CT molecular complexity index is 824. The Morgan fingerprint density at radius 2 is 1.59 bits per heavy atom. The maximum atomic E-state index is 12.2. The van der Waals surface area contributed by atoms with Crippen molar-refractivity contribution in [1.82, 2.24) is 0 Å². The van der Waals surface area contributed by atoms with Crippen molar-refractivity contribution < 1.29 is 19.1 Å². The Morgan fingerprint density at radius 1 is 0.966 bits per heavy atom. The lowest BCUT2D eigenvalue weighted by Crippen LogP contribution is -2.20. The van der Waals surface area contributed by atoms with Crippen LogP contribution in [0.25, 0.3) is 0 Å². The van der Waals surface area contributed by atoms with Crippen LogP contribution in [0.1, 0.15) is 16.6 Å². The average Bonchev–Trinajstić information content (AvgIpc) is 2.74. The number of rotatable bonds is 8. The van der Waals surface area contributed by atoms with Gasteiger partial charge in [-0.05, 0) is 53.8 Å². The van der Waals surface area contributed by atoms with Gasteiger partial charge in [0.25, 0.3) is 5.91 Å². The smallest absolute Gasteiger partial charge is 0.262 e. The number of amides is 2. The molecule has 0 aliphatic carbocycles. The first kappa shape index (κ1) is 21.5. The molecule has 0 radical (unpaired) electrons. The number of carbonyl (C=O) groups excluding carboxylic acids is 2. The van der Waals surface area contributed by atoms with Gasteiger partial charge in [0.15, 0.2) is 6.61 Å². The van der Waals surface area contributed by atoms with Crippen LogP contribution in [0.3, 0.4) is 0 Å². The van der Waals surface area contributed by atoms with Crippen LogP contribution in [0.4, 0.5) is 11.4 Å². The summed E-state index contributed by atoms with van der Waals surface area (Å²) in [6.07, 6.45) is 1.27. The van der Waals surface area contributed by atoms with Crippen molar-refractivity contribution in [2.45, 2.75) is 11.0 Å². The van der Waals surface area contributed by atoms with Crippen LogP contribution in [0.15, 0.2) is 48.5 Å². The van der Waals surface area contributed by atoms with E-state index in [9.17, 15) is 9.59 Å². The molecule has 1 saturated heterocycles. The zero-order chi connectivity index (χ0) is 20.5. The molecule has 2 aromatic rings. The molecule has 0 aromatic heterocycles. The lowest BCUT2D eigenvalue weighted by atomic mass is 10.2. The molecule has 2 N–H and O–H groups in total. The molecular formula is C21H24N2O4S2. The largest absolute Gasteiger partial charge is 0.484 e. The molecule has 3 rings (SSSR count). The highest BCUT2D eigenvalue weighted by Gasteiger charge is 2.16. The summed E-state index contributed by atoms with van der Waals surface area (Å²) in [5.74, 6) is 2.54. The van der Waals surface area contributed by atoms with Crippen LogP contribution >= 0.6 is 23.5 Å². The summed E-state index contributed by atoms with van der Waals surface area (Å²) in [7, 11) is 1.46. The summed E-state index contributed by atoms with van der Waals surface area (Å²) in [5.41, 5.74) is 2.44. The second-order valence-electron chi connectivity index (χ2n) is 6.39. The van der Waals surface area contributed by atoms with Crippen LogP contribution in [0.5, 0.6) is 5.75 Å². The van der Waals surface area contributed by atoms with E-state index in [-0.39, 0.29) is 25.0 Å². The number of ether oxygens (including phenoxy) is 2. The van der Waals surface area contributed by atoms with Gasteiger partial charge in [-0.3, -0.25) is 9.59 Å². The molecule has 2 amide bonds. The van der Waals surface area contributed by atoms with Crippen molar-refractivity contribution in [3.8, 4) is 5.75 Å². The fourth-order valence-corrected chi connectivity index (χ4v) is 5.64. The summed E-state index contributed by atoms with van der Waals surface area (Å²) in [6, 6.07) is 14.9. The van der Waals surface area contributed by atoms with Crippen molar-refractivity contribution in [3.63, 3.8) is 0 Å². The maximum absolute atomic E-state index is 12.2. The Hall–Kier alpha value is -2.16. The second kappa shape index (κ2) is 11.1. The number of nitrogens with one attached hydrogen (secondary N) is 2. The van der Waals surface area contributed by atoms with E-state index in [2.05, 4.69) is 22.8 Å². The summed E-state index contributed by atoms with van der Waals surface area (Å²) < 4.78 is 10.9. The van der Waals surface area contributed by atoms with Gasteiger partial charge < -0.3 is 20.1 Å². The molecule has 0 bridgehead atoms. The van der Waals surface area contributed by atoms with Gasteiger partial charge in [-0.2, -0.15) is 0 Å². The number of benzene rings is 2. The van der Waals surface area contributed by atoms with E-state index in [0.717, 1.165) is 0 Å². The normalized spacial score (nSPS) is 14.2. The highest BCUT2D eigenvalue weighted by atomic mass is 32.2. The third-order valence-electron chi connectivity index (χ3n) is 4.05. The molecule has 154 valence electrons. The molecule has 8 heteroatoms. The van der Waals surface area contributed by atoms with Crippen LogP contribution in [0, 0.1) is 0 Å². The molecule has 6 nitrogen and oxygen atoms in total. The van der Waals surface area contributed by atoms with Crippen LogP contribution in [-0.2, 0) is 14.3 Å². The molecule has 2 aromatic carbocycles. The van der Waals surface area contributed by atoms with E-state index in [1.807, 2.05) is 35.7 Å². The van der Waals surface area contributed by atoms with Crippen LogP contribution in [-0.4, -0.2) is 43.6 Å². The third-order valence-corrected chi connectivity index (χ3v) is 7.07. The third kappa shape index (κ3) is 6.99. The molecule has 0 unspecified atom stereocenters. The number of anilines is 2. The van der Waals surface area contributed by atoms with Crippen molar-refractivity contribution in [2.24, 2.45) is 0 Å². The van der Waals surface area contributed by atoms with Gasteiger partial charge in [0.05, 0.1) is 4.58 Å². The maximum Gasteiger partial charge on any atom is 0.262 e. The van der Waals surface area contributed by atoms with Gasteiger partial charge in [0.1, 0.15) is 12.4 Å². The molecule has 1 heterocycles. The van der Waals surface area contributed by atoms with Crippen LogP contribution in [0.2, 0.25) is 0 Å². The highest BCUT2D eigenvalue weighted by Crippen LogP contribution is 2.43. The fourth-order valence-electron chi connectivity index (χ4n) is 2.75. The number of thioether (sulfide) groups is 2. The number of carbonyl (C=O) groups is 2. The first-order chi connectivity index (χ1) is 14.1.